The zero-order valence-electron chi connectivity index (χ0n) is 15.2. The third kappa shape index (κ3) is 13.1. The molecule has 1 aromatic carbocycles. The molecule has 0 aliphatic heterocycles. The number of rotatable bonds is 10. The van der Waals surface area contributed by atoms with Crippen LogP contribution in [0.2, 0.25) is 0 Å². The number of hydrogen-bond acceptors (Lipinski definition) is 4. The fourth-order valence-corrected chi connectivity index (χ4v) is 2.78. The Bertz CT molecular complexity index is 594. The summed E-state index contributed by atoms with van der Waals surface area (Å²) in [6.45, 7) is 6.33. The summed E-state index contributed by atoms with van der Waals surface area (Å²) in [4.78, 5) is 4.45. The molecule has 6 nitrogen and oxygen atoms in total. The Morgan fingerprint density at radius 2 is 1.96 bits per heavy atom. The third-order valence-corrected chi connectivity index (χ3v) is 4.24. The molecule has 25 heavy (non-hydrogen) atoms. The zero-order valence-corrected chi connectivity index (χ0v) is 18.3. The first-order chi connectivity index (χ1) is 11.4. The van der Waals surface area contributed by atoms with Gasteiger partial charge in [-0.1, -0.05) is 30.3 Å². The molecular formula is C17H30IN3O3S. The number of nitrogens with zero attached hydrogens (tertiary/aromatic N) is 1. The van der Waals surface area contributed by atoms with Crippen molar-refractivity contribution >= 4 is 39.8 Å². The maximum atomic E-state index is 11.2. The van der Waals surface area contributed by atoms with Gasteiger partial charge in [0.15, 0.2) is 5.96 Å². The highest BCUT2D eigenvalue weighted by Crippen LogP contribution is 2.00. The van der Waals surface area contributed by atoms with Crippen LogP contribution in [0.15, 0.2) is 35.3 Å². The van der Waals surface area contributed by atoms with E-state index in [9.17, 15) is 8.42 Å². The second-order valence-corrected chi connectivity index (χ2v) is 8.02. The fraction of sp³-hybridized carbons (Fsp3) is 0.588. The van der Waals surface area contributed by atoms with Crippen LogP contribution in [0, 0.1) is 0 Å². The van der Waals surface area contributed by atoms with Gasteiger partial charge in [0.1, 0.15) is 9.84 Å². The maximum absolute atomic E-state index is 11.2. The highest BCUT2D eigenvalue weighted by atomic mass is 127. The predicted molar refractivity (Wildman–Crippen MR) is 114 cm³/mol. The highest BCUT2D eigenvalue weighted by molar-refractivity contribution is 14.0. The molecule has 8 heteroatoms. The molecule has 0 aromatic heterocycles. The van der Waals surface area contributed by atoms with Crippen molar-refractivity contribution in [3.63, 3.8) is 0 Å². The first kappa shape index (κ1) is 24.1. The van der Waals surface area contributed by atoms with Gasteiger partial charge in [0.25, 0.3) is 0 Å². The Hall–Kier alpha value is -0.870. The number of ether oxygens (including phenoxy) is 1. The van der Waals surface area contributed by atoms with E-state index in [1.165, 1.54) is 6.26 Å². The molecule has 0 amide bonds. The Morgan fingerprint density at radius 1 is 1.28 bits per heavy atom. The van der Waals surface area contributed by atoms with E-state index in [-0.39, 0.29) is 35.8 Å². The lowest BCUT2D eigenvalue weighted by molar-refractivity contribution is 0.128. The molecule has 0 radical (unpaired) electrons. The molecule has 1 rings (SSSR count). The van der Waals surface area contributed by atoms with Crippen molar-refractivity contribution in [2.24, 2.45) is 4.99 Å². The molecule has 1 aromatic rings. The van der Waals surface area contributed by atoms with Gasteiger partial charge in [-0.3, -0.25) is 4.99 Å². The Labute approximate surface area is 168 Å². The van der Waals surface area contributed by atoms with Crippen LogP contribution < -0.4 is 10.6 Å². The quantitative estimate of drug-likeness (QED) is 0.231. The molecule has 0 saturated carbocycles. The number of aliphatic imine (C=N–C) groups is 1. The minimum atomic E-state index is -2.94. The average Bonchev–Trinajstić information content (AvgIpc) is 2.53. The van der Waals surface area contributed by atoms with Gasteiger partial charge >= 0.3 is 0 Å². The van der Waals surface area contributed by atoms with Crippen LogP contribution in [0.4, 0.5) is 0 Å². The molecule has 144 valence electrons. The van der Waals surface area contributed by atoms with Gasteiger partial charge in [-0.2, -0.15) is 0 Å². The van der Waals surface area contributed by atoms with Crippen LogP contribution in [0.5, 0.6) is 0 Å². The maximum Gasteiger partial charge on any atom is 0.191 e. The Balaban J connectivity index is 0.00000576. The van der Waals surface area contributed by atoms with Crippen molar-refractivity contribution in [2.45, 2.75) is 32.9 Å². The van der Waals surface area contributed by atoms with Gasteiger partial charge in [-0.05, 0) is 25.8 Å². The summed E-state index contributed by atoms with van der Waals surface area (Å²) in [6.07, 6.45) is 1.80. The monoisotopic (exact) mass is 483 g/mol. The third-order valence-electron chi connectivity index (χ3n) is 3.27. The summed E-state index contributed by atoms with van der Waals surface area (Å²) in [6, 6.07) is 10.0. The van der Waals surface area contributed by atoms with Crippen LogP contribution in [-0.2, 0) is 21.2 Å². The topological polar surface area (TPSA) is 79.8 Å². The molecule has 0 bridgehead atoms. The molecule has 2 N–H and O–H groups in total. The average molecular weight is 483 g/mol. The lowest BCUT2D eigenvalue weighted by atomic mass is 10.2. The van der Waals surface area contributed by atoms with E-state index >= 15 is 0 Å². The van der Waals surface area contributed by atoms with E-state index in [0.717, 1.165) is 12.1 Å². The van der Waals surface area contributed by atoms with Crippen molar-refractivity contribution in [1.29, 1.82) is 0 Å². The minimum Gasteiger partial charge on any atom is -0.375 e. The molecule has 0 spiro atoms. The first-order valence-electron chi connectivity index (χ1n) is 8.25. The second kappa shape index (κ2) is 13.3. The highest BCUT2D eigenvalue weighted by Gasteiger charge is 2.09. The summed E-state index contributed by atoms with van der Waals surface area (Å²) >= 11 is 0. The predicted octanol–water partition coefficient (Wildman–Crippen LogP) is 2.20. The zero-order chi connectivity index (χ0) is 17.8. The van der Waals surface area contributed by atoms with E-state index in [0.29, 0.717) is 32.1 Å². The minimum absolute atomic E-state index is 0. The number of guanidine groups is 1. The van der Waals surface area contributed by atoms with E-state index in [2.05, 4.69) is 15.6 Å². The van der Waals surface area contributed by atoms with Crippen LogP contribution >= 0.6 is 24.0 Å². The van der Waals surface area contributed by atoms with E-state index in [1.54, 1.807) is 0 Å². The molecule has 0 saturated heterocycles. The van der Waals surface area contributed by atoms with E-state index < -0.39 is 9.84 Å². The fourth-order valence-electron chi connectivity index (χ4n) is 2.00. The van der Waals surface area contributed by atoms with Gasteiger partial charge in [0.05, 0.1) is 25.5 Å². The smallest absolute Gasteiger partial charge is 0.191 e. The Kier molecular flexibility index (Phi) is 12.9. The molecule has 0 fully saturated rings. The molecule has 1 atom stereocenters. The summed E-state index contributed by atoms with van der Waals surface area (Å²) in [7, 11) is -2.94. The van der Waals surface area contributed by atoms with Gasteiger partial charge in [0, 0.05) is 18.8 Å². The number of halogens is 1. The van der Waals surface area contributed by atoms with Crippen molar-refractivity contribution in [3.8, 4) is 0 Å². The van der Waals surface area contributed by atoms with Gasteiger partial charge in [-0.15, -0.1) is 24.0 Å². The van der Waals surface area contributed by atoms with Crippen LogP contribution in [-0.4, -0.2) is 52.1 Å². The van der Waals surface area contributed by atoms with Gasteiger partial charge in [-0.25, -0.2) is 8.42 Å². The molecule has 0 aliphatic rings. The van der Waals surface area contributed by atoms with Crippen LogP contribution in [0.25, 0.3) is 0 Å². The number of hydrogen-bond donors (Lipinski definition) is 2. The Morgan fingerprint density at radius 3 is 2.56 bits per heavy atom. The molecule has 0 aliphatic carbocycles. The van der Waals surface area contributed by atoms with Gasteiger partial charge < -0.3 is 15.4 Å². The SMILES string of the molecule is CCNC(=NCCOCc1ccccc1)NC(C)CCS(C)(=O)=O.I. The molecule has 1 unspecified atom stereocenters. The number of sulfone groups is 1. The van der Waals surface area contributed by atoms with E-state index in [1.807, 2.05) is 44.2 Å². The molecular weight excluding hydrogens is 453 g/mol. The summed E-state index contributed by atoms with van der Waals surface area (Å²) in [5, 5.41) is 6.37. The van der Waals surface area contributed by atoms with Crippen molar-refractivity contribution < 1.29 is 13.2 Å². The first-order valence-corrected chi connectivity index (χ1v) is 10.3. The number of benzene rings is 1. The molecule has 0 heterocycles. The van der Waals surface area contributed by atoms with Gasteiger partial charge in [0.2, 0.25) is 0 Å². The van der Waals surface area contributed by atoms with Crippen molar-refractivity contribution in [2.75, 3.05) is 31.7 Å². The summed E-state index contributed by atoms with van der Waals surface area (Å²) in [5.74, 6) is 0.850. The lowest BCUT2D eigenvalue weighted by Gasteiger charge is -2.17. The van der Waals surface area contributed by atoms with Crippen molar-refractivity contribution in [1.82, 2.24) is 10.6 Å². The van der Waals surface area contributed by atoms with Crippen LogP contribution in [0.3, 0.4) is 0 Å². The summed E-state index contributed by atoms with van der Waals surface area (Å²) in [5.41, 5.74) is 1.14. The number of nitrogens with one attached hydrogen (secondary N) is 2. The van der Waals surface area contributed by atoms with Crippen LogP contribution in [0.1, 0.15) is 25.8 Å². The summed E-state index contributed by atoms with van der Waals surface area (Å²) < 4.78 is 28.0. The second-order valence-electron chi connectivity index (χ2n) is 5.76. The largest absolute Gasteiger partial charge is 0.375 e. The van der Waals surface area contributed by atoms with E-state index in [4.69, 9.17) is 4.74 Å². The normalized spacial score (nSPS) is 13.0. The lowest BCUT2D eigenvalue weighted by Crippen LogP contribution is -2.43. The standard InChI is InChI=1S/C17H29N3O3S.HI/c1-4-18-17(20-15(2)10-13-24(3,21)22)19-11-12-23-14-16-8-6-5-7-9-16;/h5-9,15H,4,10-14H2,1-3H3,(H2,18,19,20);1H. The van der Waals surface area contributed by atoms with Crippen molar-refractivity contribution in [3.05, 3.63) is 35.9 Å².